The highest BCUT2D eigenvalue weighted by atomic mass is 16.2. The second kappa shape index (κ2) is 4.47. The SMILES string of the molecule is C#CC(C)NC(=O)C1(CC)CCCN1. The summed E-state index contributed by atoms with van der Waals surface area (Å²) in [6, 6.07) is -0.187. The summed E-state index contributed by atoms with van der Waals surface area (Å²) in [6.45, 7) is 4.76. The number of carbonyl (C=O) groups excluding carboxylic acids is 1. The number of hydrogen-bond acceptors (Lipinski definition) is 2. The maximum atomic E-state index is 11.9. The number of amides is 1. The fraction of sp³-hybridized carbons (Fsp3) is 0.727. The van der Waals surface area contributed by atoms with Gasteiger partial charge in [-0.25, -0.2) is 0 Å². The molecule has 0 aromatic carbocycles. The fourth-order valence-corrected chi connectivity index (χ4v) is 1.84. The van der Waals surface area contributed by atoms with E-state index >= 15 is 0 Å². The van der Waals surface area contributed by atoms with E-state index in [9.17, 15) is 4.79 Å². The number of hydrogen-bond donors (Lipinski definition) is 2. The lowest BCUT2D eigenvalue weighted by atomic mass is 9.93. The minimum Gasteiger partial charge on any atom is -0.341 e. The zero-order chi connectivity index (χ0) is 10.6. The molecule has 2 N–H and O–H groups in total. The first-order valence-corrected chi connectivity index (χ1v) is 5.17. The Morgan fingerprint density at radius 3 is 2.93 bits per heavy atom. The van der Waals surface area contributed by atoms with Crippen molar-refractivity contribution < 1.29 is 4.79 Å². The summed E-state index contributed by atoms with van der Waals surface area (Å²) in [7, 11) is 0. The van der Waals surface area contributed by atoms with E-state index in [1.165, 1.54) is 0 Å². The zero-order valence-electron chi connectivity index (χ0n) is 8.89. The summed E-state index contributed by atoms with van der Waals surface area (Å²) in [5.41, 5.74) is -0.370. The van der Waals surface area contributed by atoms with Gasteiger partial charge in [0.1, 0.15) is 0 Å². The average molecular weight is 194 g/mol. The molecule has 2 unspecified atom stereocenters. The molecule has 0 aliphatic carbocycles. The number of nitrogens with one attached hydrogen (secondary N) is 2. The van der Waals surface area contributed by atoms with Crippen molar-refractivity contribution in [3.63, 3.8) is 0 Å². The molecule has 0 spiro atoms. The van der Waals surface area contributed by atoms with Gasteiger partial charge in [0.05, 0.1) is 11.6 Å². The molecule has 0 bridgehead atoms. The van der Waals surface area contributed by atoms with Crippen molar-refractivity contribution in [2.45, 2.75) is 44.7 Å². The molecule has 14 heavy (non-hydrogen) atoms. The molecule has 0 saturated carbocycles. The van der Waals surface area contributed by atoms with Crippen LogP contribution in [0.3, 0.4) is 0 Å². The minimum atomic E-state index is -0.370. The van der Waals surface area contributed by atoms with Gasteiger partial charge in [0, 0.05) is 0 Å². The van der Waals surface area contributed by atoms with E-state index in [0.29, 0.717) is 0 Å². The predicted molar refractivity (Wildman–Crippen MR) is 56.7 cm³/mol. The highest BCUT2D eigenvalue weighted by molar-refractivity contribution is 5.87. The van der Waals surface area contributed by atoms with Gasteiger partial charge in [-0.15, -0.1) is 6.42 Å². The molecule has 1 rings (SSSR count). The van der Waals surface area contributed by atoms with Gasteiger partial charge in [-0.3, -0.25) is 4.79 Å². The lowest BCUT2D eigenvalue weighted by Gasteiger charge is -2.27. The summed E-state index contributed by atoms with van der Waals surface area (Å²) in [5.74, 6) is 2.55. The van der Waals surface area contributed by atoms with Crippen LogP contribution in [-0.4, -0.2) is 24.0 Å². The van der Waals surface area contributed by atoms with Crippen LogP contribution in [-0.2, 0) is 4.79 Å². The van der Waals surface area contributed by atoms with Crippen molar-refractivity contribution in [3.05, 3.63) is 0 Å². The third-order valence-corrected chi connectivity index (χ3v) is 2.88. The van der Waals surface area contributed by atoms with Crippen LogP contribution in [0.2, 0.25) is 0 Å². The van der Waals surface area contributed by atoms with Gasteiger partial charge in [-0.1, -0.05) is 12.8 Å². The van der Waals surface area contributed by atoms with Gasteiger partial charge in [0.15, 0.2) is 0 Å². The minimum absolute atomic E-state index is 0.0444. The van der Waals surface area contributed by atoms with E-state index in [4.69, 9.17) is 6.42 Å². The van der Waals surface area contributed by atoms with Gasteiger partial charge in [-0.2, -0.15) is 0 Å². The van der Waals surface area contributed by atoms with Crippen LogP contribution < -0.4 is 10.6 Å². The van der Waals surface area contributed by atoms with E-state index in [2.05, 4.69) is 16.6 Å². The molecule has 0 aromatic heterocycles. The Labute approximate surface area is 85.6 Å². The van der Waals surface area contributed by atoms with Crippen molar-refractivity contribution in [3.8, 4) is 12.3 Å². The van der Waals surface area contributed by atoms with Gasteiger partial charge in [0.2, 0.25) is 5.91 Å². The lowest BCUT2D eigenvalue weighted by molar-refractivity contribution is -0.127. The first kappa shape index (κ1) is 11.1. The molecule has 0 radical (unpaired) electrons. The second-order valence-electron chi connectivity index (χ2n) is 3.83. The smallest absolute Gasteiger partial charge is 0.241 e. The Hall–Kier alpha value is -1.01. The normalized spacial score (nSPS) is 28.1. The van der Waals surface area contributed by atoms with Crippen molar-refractivity contribution in [2.24, 2.45) is 0 Å². The molecule has 1 heterocycles. The Bertz CT molecular complexity index is 249. The maximum Gasteiger partial charge on any atom is 0.241 e. The third-order valence-electron chi connectivity index (χ3n) is 2.88. The van der Waals surface area contributed by atoms with Crippen LogP contribution in [0.4, 0.5) is 0 Å². The molecule has 1 amide bonds. The molecular formula is C11H18N2O. The molecular weight excluding hydrogens is 176 g/mol. The zero-order valence-corrected chi connectivity index (χ0v) is 8.89. The number of terminal acetylenes is 1. The maximum absolute atomic E-state index is 11.9. The van der Waals surface area contributed by atoms with E-state index < -0.39 is 0 Å². The highest BCUT2D eigenvalue weighted by Crippen LogP contribution is 2.23. The van der Waals surface area contributed by atoms with E-state index in [-0.39, 0.29) is 17.5 Å². The van der Waals surface area contributed by atoms with Crippen molar-refractivity contribution in [1.82, 2.24) is 10.6 Å². The molecule has 1 saturated heterocycles. The number of rotatable bonds is 3. The van der Waals surface area contributed by atoms with Crippen LogP contribution >= 0.6 is 0 Å². The van der Waals surface area contributed by atoms with Gasteiger partial charge < -0.3 is 10.6 Å². The topological polar surface area (TPSA) is 41.1 Å². The summed E-state index contributed by atoms with van der Waals surface area (Å²) in [5, 5.41) is 6.09. The predicted octanol–water partition coefficient (Wildman–Crippen LogP) is 0.656. The third kappa shape index (κ3) is 2.08. The standard InChI is InChI=1S/C11H18N2O/c1-4-9(3)13-10(14)11(5-2)7-6-8-12-11/h1,9,12H,5-8H2,2-3H3,(H,13,14). The van der Waals surface area contributed by atoms with Crippen molar-refractivity contribution in [2.75, 3.05) is 6.54 Å². The quantitative estimate of drug-likeness (QED) is 0.648. The Morgan fingerprint density at radius 2 is 2.50 bits per heavy atom. The average Bonchev–Trinajstić information content (AvgIpc) is 2.67. The van der Waals surface area contributed by atoms with Crippen LogP contribution in [0.1, 0.15) is 33.1 Å². The van der Waals surface area contributed by atoms with E-state index in [1.54, 1.807) is 0 Å². The molecule has 78 valence electrons. The molecule has 3 heteroatoms. The summed E-state index contributed by atoms with van der Waals surface area (Å²) in [4.78, 5) is 11.9. The number of carbonyl (C=O) groups is 1. The van der Waals surface area contributed by atoms with E-state index in [1.807, 2.05) is 13.8 Å². The van der Waals surface area contributed by atoms with E-state index in [0.717, 1.165) is 25.8 Å². The van der Waals surface area contributed by atoms with Gasteiger partial charge in [-0.05, 0) is 32.7 Å². The van der Waals surface area contributed by atoms with Crippen LogP contribution in [0.15, 0.2) is 0 Å². The largest absolute Gasteiger partial charge is 0.341 e. The van der Waals surface area contributed by atoms with Crippen LogP contribution in [0, 0.1) is 12.3 Å². The Kier molecular flexibility index (Phi) is 3.54. The molecule has 2 atom stereocenters. The first-order valence-electron chi connectivity index (χ1n) is 5.17. The van der Waals surface area contributed by atoms with Gasteiger partial charge >= 0.3 is 0 Å². The highest BCUT2D eigenvalue weighted by Gasteiger charge is 2.39. The Balaban J connectivity index is 2.62. The molecule has 1 fully saturated rings. The van der Waals surface area contributed by atoms with Crippen LogP contribution in [0.5, 0.6) is 0 Å². The lowest BCUT2D eigenvalue weighted by Crippen LogP contribution is -2.54. The summed E-state index contributed by atoms with van der Waals surface area (Å²) in [6.07, 6.45) is 8.00. The first-order chi connectivity index (χ1) is 6.64. The molecule has 0 aromatic rings. The molecule has 3 nitrogen and oxygen atoms in total. The summed E-state index contributed by atoms with van der Waals surface area (Å²) >= 11 is 0. The second-order valence-corrected chi connectivity index (χ2v) is 3.83. The molecule has 1 aliphatic heterocycles. The molecule has 1 aliphatic rings. The van der Waals surface area contributed by atoms with Crippen molar-refractivity contribution >= 4 is 5.91 Å². The van der Waals surface area contributed by atoms with Crippen molar-refractivity contribution in [1.29, 1.82) is 0 Å². The Morgan fingerprint density at radius 1 is 1.79 bits per heavy atom. The summed E-state index contributed by atoms with van der Waals surface area (Å²) < 4.78 is 0. The fourth-order valence-electron chi connectivity index (χ4n) is 1.84. The van der Waals surface area contributed by atoms with Crippen LogP contribution in [0.25, 0.3) is 0 Å². The monoisotopic (exact) mass is 194 g/mol. The van der Waals surface area contributed by atoms with Gasteiger partial charge in [0.25, 0.3) is 0 Å².